The lowest BCUT2D eigenvalue weighted by Crippen LogP contribution is -2.27. The summed E-state index contributed by atoms with van der Waals surface area (Å²) in [6.45, 7) is 0. The third kappa shape index (κ3) is 2.80. The summed E-state index contributed by atoms with van der Waals surface area (Å²) in [5.74, 6) is 2.52. The van der Waals surface area contributed by atoms with Gasteiger partial charge in [0.05, 0.1) is 11.4 Å². The van der Waals surface area contributed by atoms with E-state index in [1.165, 1.54) is 0 Å². The minimum absolute atomic E-state index is 0.569. The topological polar surface area (TPSA) is 90.9 Å². The molecule has 8 bridgehead atoms. The second-order valence-corrected chi connectivity index (χ2v) is 7.60. The molecule has 31 heavy (non-hydrogen) atoms. The van der Waals surface area contributed by atoms with Crippen molar-refractivity contribution in [2.24, 2.45) is 17.0 Å². The van der Waals surface area contributed by atoms with Crippen molar-refractivity contribution < 1.29 is 0 Å². The zero-order valence-electron chi connectivity index (χ0n) is 17.3. The van der Waals surface area contributed by atoms with Crippen LogP contribution in [0.4, 0.5) is 11.9 Å². The number of benzene rings is 1. The van der Waals surface area contributed by atoms with Crippen molar-refractivity contribution in [1.82, 2.24) is 39.5 Å². The highest BCUT2D eigenvalue weighted by atomic mass is 15.4. The normalized spacial score (nSPS) is 16.7. The van der Waals surface area contributed by atoms with Gasteiger partial charge in [-0.1, -0.05) is 18.2 Å². The molecule has 0 unspecified atom stereocenters. The average Bonchev–Trinajstić information content (AvgIpc) is 3.51. The molecule has 3 aliphatic heterocycles. The Morgan fingerprint density at radius 1 is 0.710 bits per heavy atom. The third-order valence-electron chi connectivity index (χ3n) is 5.34. The zero-order valence-corrected chi connectivity index (χ0v) is 17.3. The van der Waals surface area contributed by atoms with Crippen LogP contribution in [0, 0.1) is 0 Å². The predicted octanol–water partition coefficient (Wildman–Crippen LogP) is 1.96. The van der Waals surface area contributed by atoms with E-state index in [4.69, 9.17) is 20.0 Å². The first-order valence-corrected chi connectivity index (χ1v) is 9.85. The van der Waals surface area contributed by atoms with Crippen LogP contribution < -0.4 is 10.6 Å². The summed E-state index contributed by atoms with van der Waals surface area (Å²) in [6.07, 6.45) is 7.86. The quantitative estimate of drug-likeness (QED) is 0.635. The Hall–Kier alpha value is -4.34. The van der Waals surface area contributed by atoms with Crippen LogP contribution in [0.3, 0.4) is 0 Å². The molecule has 0 atom stereocenters. The fourth-order valence-corrected chi connectivity index (χ4v) is 3.70. The van der Waals surface area contributed by atoms with E-state index in [1.807, 2.05) is 95.2 Å². The van der Waals surface area contributed by atoms with Crippen LogP contribution >= 0.6 is 0 Å². The Labute approximate surface area is 178 Å². The molecule has 0 saturated carbocycles. The number of imidazole rings is 2. The third-order valence-corrected chi connectivity index (χ3v) is 5.34. The molecule has 1 aromatic carbocycles. The van der Waals surface area contributed by atoms with Crippen LogP contribution in [0.25, 0.3) is 17.1 Å². The molecule has 154 valence electrons. The number of hydrogen-bond donors (Lipinski definition) is 2. The monoisotopic (exact) mass is 412 g/mol. The van der Waals surface area contributed by atoms with Gasteiger partial charge in [-0.15, -0.1) is 0 Å². The van der Waals surface area contributed by atoms with Crippen molar-refractivity contribution >= 4 is 35.2 Å². The molecule has 0 aliphatic carbocycles. The van der Waals surface area contributed by atoms with Crippen molar-refractivity contribution in [2.75, 3.05) is 14.1 Å². The maximum absolute atomic E-state index is 4.84. The lowest BCUT2D eigenvalue weighted by Gasteiger charge is -2.10. The molecular weight excluding hydrogens is 392 g/mol. The summed E-state index contributed by atoms with van der Waals surface area (Å²) >= 11 is 0. The first-order chi connectivity index (χ1) is 15.0. The second-order valence-electron chi connectivity index (χ2n) is 7.60. The van der Waals surface area contributed by atoms with Crippen molar-refractivity contribution in [1.29, 1.82) is 0 Å². The average molecular weight is 412 g/mol. The van der Waals surface area contributed by atoms with Gasteiger partial charge >= 0.3 is 0 Å². The molecule has 0 saturated heterocycles. The van der Waals surface area contributed by atoms with Crippen molar-refractivity contribution in [3.05, 3.63) is 66.5 Å². The molecule has 6 rings (SSSR count). The maximum atomic E-state index is 4.84. The molecule has 5 heterocycles. The molecule has 10 nitrogen and oxygen atoms in total. The van der Waals surface area contributed by atoms with E-state index in [2.05, 4.69) is 10.6 Å². The van der Waals surface area contributed by atoms with Gasteiger partial charge < -0.3 is 25.0 Å². The van der Waals surface area contributed by atoms with Gasteiger partial charge in [0.2, 0.25) is 23.8 Å². The van der Waals surface area contributed by atoms with Gasteiger partial charge in [0, 0.05) is 51.6 Å². The number of nitrogens with zero attached hydrogens (tertiary/aromatic N) is 8. The van der Waals surface area contributed by atoms with Crippen LogP contribution in [0.1, 0.15) is 11.4 Å². The Kier molecular flexibility index (Phi) is 3.57. The van der Waals surface area contributed by atoms with Crippen LogP contribution in [-0.4, -0.2) is 54.9 Å². The fourth-order valence-electron chi connectivity index (χ4n) is 3.70. The van der Waals surface area contributed by atoms with Gasteiger partial charge in [0.25, 0.3) is 0 Å². The number of aromatic nitrogens is 4. The Balaban J connectivity index is 1.56. The van der Waals surface area contributed by atoms with Crippen molar-refractivity contribution in [3.63, 3.8) is 0 Å². The largest absolute Gasteiger partial charge is 0.322 e. The molecule has 3 aromatic rings. The highest BCUT2D eigenvalue weighted by molar-refractivity contribution is 5.97. The van der Waals surface area contributed by atoms with Crippen molar-refractivity contribution in [2.45, 2.75) is 0 Å². The number of guanidine groups is 2. The van der Waals surface area contributed by atoms with Gasteiger partial charge in [-0.2, -0.15) is 9.98 Å². The van der Waals surface area contributed by atoms with Crippen LogP contribution in [0.15, 0.2) is 65.1 Å². The molecule has 2 N–H and O–H groups in total. The summed E-state index contributed by atoms with van der Waals surface area (Å²) in [5.41, 5.74) is 4.23. The Morgan fingerprint density at radius 2 is 1.29 bits per heavy atom. The zero-order chi connectivity index (χ0) is 21.1. The van der Waals surface area contributed by atoms with Gasteiger partial charge in [0.1, 0.15) is 11.4 Å². The number of nitrogens with one attached hydrogen (secondary N) is 2. The highest BCUT2D eigenvalue weighted by Crippen LogP contribution is 2.27. The summed E-state index contributed by atoms with van der Waals surface area (Å²) in [6, 6.07) is 10.0. The molecular formula is C21H20N10. The fraction of sp³-hybridized carbons (Fsp3) is 0.143. The van der Waals surface area contributed by atoms with E-state index < -0.39 is 0 Å². The van der Waals surface area contributed by atoms with E-state index in [1.54, 1.807) is 0 Å². The smallest absolute Gasteiger partial charge is 0.238 e. The van der Waals surface area contributed by atoms with E-state index in [9.17, 15) is 0 Å². The van der Waals surface area contributed by atoms with Gasteiger partial charge in [0.15, 0.2) is 0 Å². The molecule has 2 aromatic heterocycles. The number of para-hydroxylation sites is 1. The SMILES string of the molecule is CN1C=C2NC1=Nc1nc(cn1-c1ccccc1)C1=CN(C)C(=Nc3nc2cn3C)N1. The number of rotatable bonds is 1. The highest BCUT2D eigenvalue weighted by Gasteiger charge is 2.25. The standard InChI is InChI=1S/C21H20N10/c1-28-9-14-15-10-30(3)20(23-15)27-21-25-17(12-31(21)13-7-5-4-6-8-13)16-11-29(2)19(24-16)26-18(28)22-14/h4-12H,1-3H3,(H,22,24,26)(H,23,25,27). The van der Waals surface area contributed by atoms with Gasteiger partial charge in [-0.25, -0.2) is 9.97 Å². The van der Waals surface area contributed by atoms with Gasteiger partial charge in [-0.3, -0.25) is 4.57 Å². The minimum atomic E-state index is 0.569. The number of fused-ring (bicyclic) bond motifs is 10. The van der Waals surface area contributed by atoms with E-state index in [-0.39, 0.29) is 0 Å². The molecule has 0 amide bonds. The van der Waals surface area contributed by atoms with E-state index in [0.29, 0.717) is 23.8 Å². The molecule has 0 fully saturated rings. The summed E-state index contributed by atoms with van der Waals surface area (Å²) in [4.78, 5) is 22.9. The Bertz CT molecular complexity index is 1320. The molecule has 0 radical (unpaired) electrons. The number of aliphatic imine (C=N–C) groups is 2. The van der Waals surface area contributed by atoms with Crippen LogP contribution in [0.5, 0.6) is 0 Å². The first-order valence-electron chi connectivity index (χ1n) is 9.85. The van der Waals surface area contributed by atoms with E-state index in [0.717, 1.165) is 28.5 Å². The first kappa shape index (κ1) is 17.5. The second kappa shape index (κ2) is 6.33. The van der Waals surface area contributed by atoms with Crippen molar-refractivity contribution in [3.8, 4) is 5.69 Å². The summed E-state index contributed by atoms with van der Waals surface area (Å²) in [5, 5.41) is 6.72. The molecule has 3 aliphatic rings. The number of aryl methyl sites for hydroxylation is 1. The molecule has 0 spiro atoms. The predicted molar refractivity (Wildman–Crippen MR) is 119 cm³/mol. The molecule has 10 heteroatoms. The summed E-state index contributed by atoms with van der Waals surface area (Å²) < 4.78 is 3.88. The Morgan fingerprint density at radius 3 is 1.97 bits per heavy atom. The van der Waals surface area contributed by atoms with Crippen LogP contribution in [0.2, 0.25) is 0 Å². The van der Waals surface area contributed by atoms with Gasteiger partial charge in [-0.05, 0) is 12.1 Å². The van der Waals surface area contributed by atoms with Crippen LogP contribution in [-0.2, 0) is 7.05 Å². The van der Waals surface area contributed by atoms with E-state index >= 15 is 0 Å². The lowest BCUT2D eigenvalue weighted by molar-refractivity contribution is 0.691. The maximum Gasteiger partial charge on any atom is 0.238 e. The minimum Gasteiger partial charge on any atom is -0.322 e. The summed E-state index contributed by atoms with van der Waals surface area (Å²) in [7, 11) is 5.81. The number of hydrogen-bond acceptors (Lipinski definition) is 8. The lowest BCUT2D eigenvalue weighted by atomic mass is 10.3.